The number of alkyl halides is 2. The molecule has 0 amide bonds. The SMILES string of the molecule is Cn1c(=O)c2ccc(-c3cnc(N4CC(C5COC5)C4)nc3)cc2n1Cc1ccccc1OC(F)F. The molecule has 0 radical (unpaired) electrons. The van der Waals surface area contributed by atoms with E-state index in [-0.39, 0.29) is 17.9 Å². The van der Waals surface area contributed by atoms with Gasteiger partial charge in [0.25, 0.3) is 5.56 Å². The molecule has 8 nitrogen and oxygen atoms in total. The number of ether oxygens (including phenoxy) is 2. The van der Waals surface area contributed by atoms with Gasteiger partial charge in [0.1, 0.15) is 5.75 Å². The Kier molecular flexibility index (Phi) is 5.67. The van der Waals surface area contributed by atoms with Crippen LogP contribution in [0, 0.1) is 11.8 Å². The van der Waals surface area contributed by atoms with E-state index in [1.165, 1.54) is 10.7 Å². The van der Waals surface area contributed by atoms with Crippen LogP contribution in [0.4, 0.5) is 14.7 Å². The Balaban J connectivity index is 1.28. The average Bonchev–Trinajstić information content (AvgIpc) is 3.05. The van der Waals surface area contributed by atoms with Gasteiger partial charge < -0.3 is 14.4 Å². The number of rotatable bonds is 7. The van der Waals surface area contributed by atoms with Crippen LogP contribution in [0.25, 0.3) is 22.0 Å². The summed E-state index contributed by atoms with van der Waals surface area (Å²) in [6.07, 6.45) is 3.58. The second kappa shape index (κ2) is 9.02. The summed E-state index contributed by atoms with van der Waals surface area (Å²) >= 11 is 0. The van der Waals surface area contributed by atoms with Crippen LogP contribution in [0.15, 0.2) is 59.7 Å². The molecule has 0 bridgehead atoms. The van der Waals surface area contributed by atoms with E-state index in [9.17, 15) is 13.6 Å². The smallest absolute Gasteiger partial charge is 0.387 e. The molecule has 4 heterocycles. The Hall–Kier alpha value is -3.79. The van der Waals surface area contributed by atoms with Crippen molar-refractivity contribution in [3.63, 3.8) is 0 Å². The maximum Gasteiger partial charge on any atom is 0.387 e. The van der Waals surface area contributed by atoms with Crippen molar-refractivity contribution in [2.45, 2.75) is 13.2 Å². The molecule has 2 aliphatic rings. The molecule has 2 aromatic carbocycles. The van der Waals surface area contributed by atoms with E-state index in [1.807, 2.05) is 12.1 Å². The number of fused-ring (bicyclic) bond motifs is 1. The molecule has 10 heteroatoms. The van der Waals surface area contributed by atoms with E-state index in [4.69, 9.17) is 4.74 Å². The highest BCUT2D eigenvalue weighted by Gasteiger charge is 2.38. The molecule has 2 aromatic heterocycles. The molecule has 186 valence electrons. The Bertz CT molecular complexity index is 1460. The molecule has 0 spiro atoms. The summed E-state index contributed by atoms with van der Waals surface area (Å²) in [7, 11) is 1.66. The first kappa shape index (κ1) is 22.7. The quantitative estimate of drug-likeness (QED) is 0.392. The molecule has 0 N–H and O–H groups in total. The Morgan fingerprint density at radius 3 is 2.50 bits per heavy atom. The first-order valence-corrected chi connectivity index (χ1v) is 11.9. The van der Waals surface area contributed by atoms with Crippen molar-refractivity contribution in [1.29, 1.82) is 0 Å². The lowest BCUT2D eigenvalue weighted by atomic mass is 9.85. The van der Waals surface area contributed by atoms with E-state index in [2.05, 4.69) is 19.6 Å². The lowest BCUT2D eigenvalue weighted by Gasteiger charge is -2.46. The van der Waals surface area contributed by atoms with Gasteiger partial charge in [-0.2, -0.15) is 8.78 Å². The minimum absolute atomic E-state index is 0.0833. The number of anilines is 1. The highest BCUT2D eigenvalue weighted by atomic mass is 19.3. The number of aromatic nitrogens is 4. The summed E-state index contributed by atoms with van der Waals surface area (Å²) < 4.78 is 39.0. The summed E-state index contributed by atoms with van der Waals surface area (Å²) in [6.45, 7) is 0.880. The van der Waals surface area contributed by atoms with E-state index >= 15 is 0 Å². The minimum Gasteiger partial charge on any atom is -0.434 e. The van der Waals surface area contributed by atoms with Crippen molar-refractivity contribution in [2.24, 2.45) is 18.9 Å². The van der Waals surface area contributed by atoms with Crippen LogP contribution in [-0.2, 0) is 18.3 Å². The topological polar surface area (TPSA) is 74.4 Å². The first-order chi connectivity index (χ1) is 17.5. The number of hydrogen-bond acceptors (Lipinski definition) is 6. The monoisotopic (exact) mass is 493 g/mol. The van der Waals surface area contributed by atoms with E-state index in [1.54, 1.807) is 48.4 Å². The van der Waals surface area contributed by atoms with Crippen LogP contribution < -0.4 is 15.2 Å². The van der Waals surface area contributed by atoms with Gasteiger partial charge in [0.15, 0.2) is 0 Å². The van der Waals surface area contributed by atoms with Gasteiger partial charge in [-0.25, -0.2) is 9.97 Å². The predicted octanol–water partition coefficient (Wildman–Crippen LogP) is 3.53. The van der Waals surface area contributed by atoms with Gasteiger partial charge in [-0.05, 0) is 23.8 Å². The molecule has 0 saturated carbocycles. The van der Waals surface area contributed by atoms with E-state index in [0.29, 0.717) is 34.3 Å². The molecule has 0 unspecified atom stereocenters. The van der Waals surface area contributed by atoms with Gasteiger partial charge in [-0.1, -0.05) is 24.3 Å². The Morgan fingerprint density at radius 1 is 1.06 bits per heavy atom. The van der Waals surface area contributed by atoms with Crippen LogP contribution in [0.1, 0.15) is 5.56 Å². The summed E-state index contributed by atoms with van der Waals surface area (Å²) in [5, 5.41) is 0.539. The van der Waals surface area contributed by atoms with Gasteiger partial charge in [-0.3, -0.25) is 14.2 Å². The molecule has 2 fully saturated rings. The number of para-hydroxylation sites is 1. The average molecular weight is 494 g/mol. The van der Waals surface area contributed by atoms with Crippen molar-refractivity contribution >= 4 is 16.9 Å². The third-order valence-corrected chi connectivity index (χ3v) is 7.17. The Labute approximate surface area is 205 Å². The second-order valence-corrected chi connectivity index (χ2v) is 9.34. The zero-order chi connectivity index (χ0) is 24.8. The highest BCUT2D eigenvalue weighted by Crippen LogP contribution is 2.32. The maximum absolute atomic E-state index is 12.9. The van der Waals surface area contributed by atoms with Crippen LogP contribution in [-0.4, -0.2) is 52.2 Å². The van der Waals surface area contributed by atoms with Crippen LogP contribution in [0.3, 0.4) is 0 Å². The molecular formula is C26H25F2N5O3. The zero-order valence-electron chi connectivity index (χ0n) is 19.7. The van der Waals surface area contributed by atoms with Crippen molar-refractivity contribution < 1.29 is 18.3 Å². The third-order valence-electron chi connectivity index (χ3n) is 7.17. The summed E-state index contributed by atoms with van der Waals surface area (Å²) in [5.41, 5.74) is 2.75. The lowest BCUT2D eigenvalue weighted by molar-refractivity contribution is -0.0661. The molecule has 36 heavy (non-hydrogen) atoms. The van der Waals surface area contributed by atoms with Crippen molar-refractivity contribution in [1.82, 2.24) is 19.3 Å². The van der Waals surface area contributed by atoms with Gasteiger partial charge in [0, 0.05) is 55.5 Å². The van der Waals surface area contributed by atoms with Crippen molar-refractivity contribution in [2.75, 3.05) is 31.2 Å². The Morgan fingerprint density at radius 2 is 1.81 bits per heavy atom. The molecule has 6 rings (SSSR count). The summed E-state index contributed by atoms with van der Waals surface area (Å²) in [5.74, 6) is 2.10. The molecule has 2 saturated heterocycles. The molecule has 2 aliphatic heterocycles. The second-order valence-electron chi connectivity index (χ2n) is 9.34. The van der Waals surface area contributed by atoms with Crippen LogP contribution in [0.2, 0.25) is 0 Å². The fourth-order valence-electron chi connectivity index (χ4n) is 4.88. The van der Waals surface area contributed by atoms with E-state index < -0.39 is 6.61 Å². The number of halogens is 2. The maximum atomic E-state index is 12.9. The molecule has 4 aromatic rings. The molecule has 0 atom stereocenters. The predicted molar refractivity (Wildman–Crippen MR) is 130 cm³/mol. The van der Waals surface area contributed by atoms with Gasteiger partial charge >= 0.3 is 6.61 Å². The first-order valence-electron chi connectivity index (χ1n) is 11.9. The fraction of sp³-hybridized carbons (Fsp3) is 0.346. The third kappa shape index (κ3) is 4.01. The fourth-order valence-corrected chi connectivity index (χ4v) is 4.88. The van der Waals surface area contributed by atoms with Crippen LogP contribution >= 0.6 is 0 Å². The number of nitrogens with zero attached hydrogens (tertiary/aromatic N) is 5. The largest absolute Gasteiger partial charge is 0.434 e. The minimum atomic E-state index is -2.93. The normalized spacial score (nSPS) is 16.4. The highest BCUT2D eigenvalue weighted by molar-refractivity contribution is 5.84. The molecular weight excluding hydrogens is 468 g/mol. The van der Waals surface area contributed by atoms with Crippen LogP contribution in [0.5, 0.6) is 5.75 Å². The van der Waals surface area contributed by atoms with Crippen molar-refractivity contribution in [3.05, 3.63) is 70.8 Å². The van der Waals surface area contributed by atoms with Gasteiger partial charge in [0.2, 0.25) is 5.95 Å². The summed E-state index contributed by atoms with van der Waals surface area (Å²) in [6, 6.07) is 12.1. The number of benzene rings is 2. The van der Waals surface area contributed by atoms with E-state index in [0.717, 1.165) is 37.4 Å². The van der Waals surface area contributed by atoms with Gasteiger partial charge in [-0.15, -0.1) is 0 Å². The zero-order valence-corrected chi connectivity index (χ0v) is 19.7. The van der Waals surface area contributed by atoms with Crippen molar-refractivity contribution in [3.8, 4) is 16.9 Å². The van der Waals surface area contributed by atoms with Gasteiger partial charge in [0.05, 0.1) is 30.7 Å². The summed E-state index contributed by atoms with van der Waals surface area (Å²) in [4.78, 5) is 24.2. The number of hydrogen-bond donors (Lipinski definition) is 0. The molecule has 0 aliphatic carbocycles. The lowest BCUT2D eigenvalue weighted by Crippen LogP contribution is -2.55. The standard InChI is InChI=1S/C26H25F2N5O3/c1-31-24(34)21-7-6-16(8-22(21)33(31)13-17-4-2-3-5-23(17)36-25(27)28)18-9-29-26(30-10-18)32-11-19(12-32)20-14-35-15-20/h2-10,19-20,25H,11-15H2,1H3.